The molecule has 2 aliphatic rings. The quantitative estimate of drug-likeness (QED) is 0.843. The van der Waals surface area contributed by atoms with E-state index in [-0.39, 0.29) is 0 Å². The maximum Gasteiger partial charge on any atom is 0.120 e. The molecule has 20 heavy (non-hydrogen) atoms. The number of benzene rings is 1. The molecule has 0 bridgehead atoms. The molecular weight excluding hydrogens is 314 g/mol. The van der Waals surface area contributed by atoms with Crippen molar-refractivity contribution in [3.63, 3.8) is 0 Å². The van der Waals surface area contributed by atoms with E-state index in [2.05, 4.69) is 46.4 Å². The first-order valence-corrected chi connectivity index (χ1v) is 8.68. The highest BCUT2D eigenvalue weighted by atomic mass is 79.9. The minimum absolute atomic E-state index is 0.414. The average Bonchev–Trinajstić information content (AvgIpc) is 3.26. The molecule has 0 radical (unpaired) electrons. The third-order valence-corrected chi connectivity index (χ3v) is 5.21. The lowest BCUT2D eigenvalue weighted by Gasteiger charge is -2.27. The van der Waals surface area contributed by atoms with Crippen LogP contribution in [0.25, 0.3) is 0 Å². The zero-order valence-electron chi connectivity index (χ0n) is 12.2. The summed E-state index contributed by atoms with van der Waals surface area (Å²) in [6, 6.07) is 7.14. The van der Waals surface area contributed by atoms with E-state index in [1.165, 1.54) is 48.6 Å². The lowest BCUT2D eigenvalue weighted by atomic mass is 9.89. The highest BCUT2D eigenvalue weighted by molar-refractivity contribution is 9.10. The van der Waals surface area contributed by atoms with Crippen molar-refractivity contribution in [1.82, 2.24) is 5.32 Å². The minimum Gasteiger partial charge on any atom is -0.490 e. The van der Waals surface area contributed by atoms with Crippen molar-refractivity contribution in [1.29, 1.82) is 0 Å². The van der Waals surface area contributed by atoms with Crippen molar-refractivity contribution in [2.24, 2.45) is 5.92 Å². The zero-order chi connectivity index (χ0) is 13.9. The molecule has 1 aromatic carbocycles. The molecule has 3 heteroatoms. The van der Waals surface area contributed by atoms with Gasteiger partial charge in [-0.3, -0.25) is 0 Å². The fourth-order valence-corrected chi connectivity index (χ4v) is 3.23. The van der Waals surface area contributed by atoms with Crippen LogP contribution in [-0.2, 0) is 6.54 Å². The van der Waals surface area contributed by atoms with Gasteiger partial charge < -0.3 is 10.1 Å². The molecule has 3 rings (SSSR count). The van der Waals surface area contributed by atoms with Gasteiger partial charge in [-0.2, -0.15) is 0 Å². The lowest BCUT2D eigenvalue weighted by molar-refractivity contribution is 0.135. The molecule has 0 spiro atoms. The van der Waals surface area contributed by atoms with Crippen LogP contribution in [0.5, 0.6) is 5.75 Å². The number of hydrogen-bond acceptors (Lipinski definition) is 2. The Morgan fingerprint density at radius 1 is 1.15 bits per heavy atom. The topological polar surface area (TPSA) is 21.3 Å². The normalized spacial score (nSPS) is 26.5. The van der Waals surface area contributed by atoms with Gasteiger partial charge in [0.1, 0.15) is 5.75 Å². The first kappa shape index (κ1) is 14.4. The maximum atomic E-state index is 6.17. The summed E-state index contributed by atoms with van der Waals surface area (Å²) >= 11 is 3.64. The Balaban J connectivity index is 1.59. The summed E-state index contributed by atoms with van der Waals surface area (Å²) in [7, 11) is 0. The van der Waals surface area contributed by atoms with Crippen molar-refractivity contribution in [3.05, 3.63) is 28.2 Å². The summed E-state index contributed by atoms with van der Waals surface area (Å²) in [6.45, 7) is 3.28. The van der Waals surface area contributed by atoms with Gasteiger partial charge in [0.15, 0.2) is 0 Å². The van der Waals surface area contributed by atoms with Gasteiger partial charge in [-0.15, -0.1) is 0 Å². The summed E-state index contributed by atoms with van der Waals surface area (Å²) in [5.41, 5.74) is 1.30. The van der Waals surface area contributed by atoms with Crippen LogP contribution in [0.3, 0.4) is 0 Å². The van der Waals surface area contributed by atoms with Crippen molar-refractivity contribution in [2.75, 3.05) is 0 Å². The van der Waals surface area contributed by atoms with Crippen LogP contribution >= 0.6 is 15.9 Å². The molecule has 0 saturated heterocycles. The number of rotatable bonds is 5. The Bertz CT molecular complexity index is 450. The fraction of sp³-hybridized carbons (Fsp3) is 0.647. The number of ether oxygens (including phenoxy) is 1. The Morgan fingerprint density at radius 2 is 1.90 bits per heavy atom. The molecule has 0 amide bonds. The van der Waals surface area contributed by atoms with Crippen molar-refractivity contribution < 1.29 is 4.74 Å². The molecule has 1 N–H and O–H groups in total. The largest absolute Gasteiger partial charge is 0.490 e. The average molecular weight is 338 g/mol. The molecule has 2 nitrogen and oxygen atoms in total. The van der Waals surface area contributed by atoms with E-state index in [0.717, 1.165) is 24.3 Å². The molecule has 1 aromatic rings. The van der Waals surface area contributed by atoms with Crippen molar-refractivity contribution >= 4 is 15.9 Å². The third kappa shape index (κ3) is 3.98. The molecule has 0 aromatic heterocycles. The Kier molecular flexibility index (Phi) is 4.67. The first-order valence-electron chi connectivity index (χ1n) is 7.89. The number of nitrogens with one attached hydrogen (secondary N) is 1. The van der Waals surface area contributed by atoms with Gasteiger partial charge in [0.05, 0.1) is 6.10 Å². The summed E-state index contributed by atoms with van der Waals surface area (Å²) in [5, 5.41) is 3.56. The van der Waals surface area contributed by atoms with Gasteiger partial charge in [-0.05, 0) is 68.2 Å². The van der Waals surface area contributed by atoms with Gasteiger partial charge in [0.2, 0.25) is 0 Å². The molecule has 0 aliphatic heterocycles. The van der Waals surface area contributed by atoms with Crippen LogP contribution < -0.4 is 10.1 Å². The standard InChI is InChI=1S/C17H24BrNO/c1-12-2-6-15(7-3-12)20-16-8-9-17(18)13(10-16)11-19-14-4-5-14/h8-10,12,14-15,19H,2-7,11H2,1H3. The van der Waals surface area contributed by atoms with E-state index in [1.54, 1.807) is 0 Å². The molecule has 2 fully saturated rings. The van der Waals surface area contributed by atoms with E-state index in [1.807, 2.05) is 0 Å². The number of hydrogen-bond donors (Lipinski definition) is 1. The van der Waals surface area contributed by atoms with E-state index in [9.17, 15) is 0 Å². The Labute approximate surface area is 130 Å². The smallest absolute Gasteiger partial charge is 0.120 e. The summed E-state index contributed by atoms with van der Waals surface area (Å²) in [6.07, 6.45) is 8.08. The van der Waals surface area contributed by atoms with Crippen LogP contribution in [0.2, 0.25) is 0 Å². The van der Waals surface area contributed by atoms with Gasteiger partial charge in [-0.25, -0.2) is 0 Å². The van der Waals surface area contributed by atoms with Crippen LogP contribution in [0, 0.1) is 5.92 Å². The Hall–Kier alpha value is -0.540. The molecular formula is C17H24BrNO. The van der Waals surface area contributed by atoms with Gasteiger partial charge in [0.25, 0.3) is 0 Å². The molecule has 110 valence electrons. The molecule has 2 saturated carbocycles. The molecule has 0 unspecified atom stereocenters. The van der Waals surface area contributed by atoms with Crippen LogP contribution in [-0.4, -0.2) is 12.1 Å². The van der Waals surface area contributed by atoms with E-state index in [4.69, 9.17) is 4.74 Å². The predicted molar refractivity (Wildman–Crippen MR) is 86.1 cm³/mol. The second-order valence-corrected chi connectivity index (χ2v) is 7.26. The van der Waals surface area contributed by atoms with Crippen LogP contribution in [0.15, 0.2) is 22.7 Å². The van der Waals surface area contributed by atoms with E-state index < -0.39 is 0 Å². The van der Waals surface area contributed by atoms with Gasteiger partial charge in [0, 0.05) is 17.1 Å². The zero-order valence-corrected chi connectivity index (χ0v) is 13.8. The first-order chi connectivity index (χ1) is 9.70. The maximum absolute atomic E-state index is 6.17. The van der Waals surface area contributed by atoms with E-state index in [0.29, 0.717) is 6.10 Å². The SMILES string of the molecule is CC1CCC(Oc2ccc(Br)c(CNC3CC3)c2)CC1. The summed E-state index contributed by atoms with van der Waals surface area (Å²) in [4.78, 5) is 0. The van der Waals surface area contributed by atoms with Crippen LogP contribution in [0.1, 0.15) is 51.0 Å². The molecule has 0 atom stereocenters. The lowest BCUT2D eigenvalue weighted by Crippen LogP contribution is -2.23. The van der Waals surface area contributed by atoms with Crippen molar-refractivity contribution in [3.8, 4) is 5.75 Å². The minimum atomic E-state index is 0.414. The second-order valence-electron chi connectivity index (χ2n) is 6.41. The Morgan fingerprint density at radius 3 is 2.60 bits per heavy atom. The van der Waals surface area contributed by atoms with Crippen LogP contribution in [0.4, 0.5) is 0 Å². The third-order valence-electron chi connectivity index (χ3n) is 4.44. The van der Waals surface area contributed by atoms with Gasteiger partial charge in [-0.1, -0.05) is 22.9 Å². The van der Waals surface area contributed by atoms with Crippen molar-refractivity contribution in [2.45, 2.75) is 64.1 Å². The highest BCUT2D eigenvalue weighted by Gasteiger charge is 2.21. The monoisotopic (exact) mass is 337 g/mol. The fourth-order valence-electron chi connectivity index (χ4n) is 2.84. The summed E-state index contributed by atoms with van der Waals surface area (Å²) < 4.78 is 7.35. The summed E-state index contributed by atoms with van der Waals surface area (Å²) in [5.74, 6) is 1.90. The second kappa shape index (κ2) is 6.48. The predicted octanol–water partition coefficient (Wildman–Crippen LogP) is 4.66. The number of halogens is 1. The van der Waals surface area contributed by atoms with E-state index >= 15 is 0 Å². The molecule has 0 heterocycles. The molecule has 2 aliphatic carbocycles. The van der Waals surface area contributed by atoms with Gasteiger partial charge >= 0.3 is 0 Å². The highest BCUT2D eigenvalue weighted by Crippen LogP contribution is 2.29.